The van der Waals surface area contributed by atoms with Gasteiger partial charge < -0.3 is 10.0 Å². The largest absolute Gasteiger partial charge is 0.507 e. The molecule has 1 N–H and O–H groups in total. The standard InChI is InChI=1S/C23H28N2O3S2/c1-4-6-11-23(5-2)15-25(18-9-7-17(14-24)8-10-18)19-12-21(29-3)20(26)13-22(19)30(27,28)16-23/h7-10,12-13,26H,4-6,11,15-16H2,1-3H3. The Morgan fingerprint density at radius 3 is 2.50 bits per heavy atom. The zero-order chi connectivity index (χ0) is 21.9. The van der Waals surface area contributed by atoms with Crippen LogP contribution in [0.3, 0.4) is 0 Å². The fourth-order valence-corrected chi connectivity index (χ4v) is 6.83. The number of sulfone groups is 1. The first-order chi connectivity index (χ1) is 14.3. The fourth-order valence-electron chi connectivity index (χ4n) is 4.15. The van der Waals surface area contributed by atoms with Crippen molar-refractivity contribution in [1.82, 2.24) is 0 Å². The van der Waals surface area contributed by atoms with Crippen LogP contribution in [0.25, 0.3) is 0 Å². The van der Waals surface area contributed by atoms with E-state index >= 15 is 0 Å². The van der Waals surface area contributed by atoms with Gasteiger partial charge in [-0.05, 0) is 49.4 Å². The number of nitrogens with zero attached hydrogens (tertiary/aromatic N) is 2. The Labute approximate surface area is 183 Å². The Hall–Kier alpha value is -2.17. The van der Waals surface area contributed by atoms with Crippen molar-refractivity contribution in [2.75, 3.05) is 23.5 Å². The highest BCUT2D eigenvalue weighted by molar-refractivity contribution is 7.98. The SMILES string of the molecule is CCCCC1(CC)CN(c2ccc(C#N)cc2)c2cc(SC)c(O)cc2S(=O)(=O)C1. The number of phenolic OH excluding ortho intramolecular Hbond substituents is 1. The topological polar surface area (TPSA) is 81.4 Å². The molecule has 160 valence electrons. The average Bonchev–Trinajstić information content (AvgIpc) is 2.84. The second kappa shape index (κ2) is 8.91. The van der Waals surface area contributed by atoms with Crippen LogP contribution in [0.15, 0.2) is 46.2 Å². The zero-order valence-electron chi connectivity index (χ0n) is 17.7. The summed E-state index contributed by atoms with van der Waals surface area (Å²) in [7, 11) is -3.59. The predicted molar refractivity (Wildman–Crippen MR) is 122 cm³/mol. The molecule has 7 heteroatoms. The van der Waals surface area contributed by atoms with Gasteiger partial charge in [0.25, 0.3) is 0 Å². The van der Waals surface area contributed by atoms with E-state index in [0.717, 1.165) is 31.4 Å². The number of hydrogen-bond donors (Lipinski definition) is 1. The molecule has 1 heterocycles. The van der Waals surface area contributed by atoms with Crippen molar-refractivity contribution in [2.24, 2.45) is 5.41 Å². The molecule has 0 spiro atoms. The Morgan fingerprint density at radius 2 is 1.93 bits per heavy atom. The van der Waals surface area contributed by atoms with E-state index in [0.29, 0.717) is 22.7 Å². The van der Waals surface area contributed by atoms with Crippen molar-refractivity contribution in [3.05, 3.63) is 42.0 Å². The van der Waals surface area contributed by atoms with Crippen LogP contribution >= 0.6 is 11.8 Å². The number of anilines is 2. The zero-order valence-corrected chi connectivity index (χ0v) is 19.3. The lowest BCUT2D eigenvalue weighted by Crippen LogP contribution is -2.37. The molecule has 0 fully saturated rings. The second-order valence-corrected chi connectivity index (χ2v) is 10.8. The maximum Gasteiger partial charge on any atom is 0.181 e. The van der Waals surface area contributed by atoms with Crippen molar-refractivity contribution < 1.29 is 13.5 Å². The van der Waals surface area contributed by atoms with Crippen LogP contribution in [0.5, 0.6) is 5.75 Å². The lowest BCUT2D eigenvalue weighted by atomic mass is 9.81. The van der Waals surface area contributed by atoms with E-state index in [-0.39, 0.29) is 16.4 Å². The number of thioether (sulfide) groups is 1. The molecule has 0 amide bonds. The third kappa shape index (κ3) is 4.30. The molecule has 0 aromatic heterocycles. The Bertz CT molecular complexity index is 1060. The van der Waals surface area contributed by atoms with Gasteiger partial charge >= 0.3 is 0 Å². The molecular formula is C23H28N2O3S2. The molecule has 1 aliphatic heterocycles. The molecule has 30 heavy (non-hydrogen) atoms. The first-order valence-corrected chi connectivity index (χ1v) is 13.1. The van der Waals surface area contributed by atoms with Crippen LogP contribution in [-0.4, -0.2) is 32.1 Å². The Morgan fingerprint density at radius 1 is 1.23 bits per heavy atom. The molecule has 0 bridgehead atoms. The number of phenols is 1. The van der Waals surface area contributed by atoms with E-state index in [1.807, 2.05) is 18.4 Å². The highest BCUT2D eigenvalue weighted by atomic mass is 32.2. The Kier molecular flexibility index (Phi) is 6.68. The van der Waals surface area contributed by atoms with Crippen LogP contribution in [0.2, 0.25) is 0 Å². The minimum Gasteiger partial charge on any atom is -0.507 e. The molecule has 0 saturated heterocycles. The molecule has 5 nitrogen and oxygen atoms in total. The van der Waals surface area contributed by atoms with Crippen molar-refractivity contribution >= 4 is 33.0 Å². The van der Waals surface area contributed by atoms with E-state index < -0.39 is 15.3 Å². The van der Waals surface area contributed by atoms with Crippen LogP contribution in [0, 0.1) is 16.7 Å². The van der Waals surface area contributed by atoms with Gasteiger partial charge in [0, 0.05) is 23.7 Å². The highest BCUT2D eigenvalue weighted by Crippen LogP contribution is 2.46. The van der Waals surface area contributed by atoms with Gasteiger partial charge in [-0.2, -0.15) is 5.26 Å². The van der Waals surface area contributed by atoms with Gasteiger partial charge in [-0.15, -0.1) is 11.8 Å². The number of hydrogen-bond acceptors (Lipinski definition) is 6. The van der Waals surface area contributed by atoms with Gasteiger partial charge in [-0.1, -0.05) is 26.7 Å². The Balaban J connectivity index is 2.26. The summed E-state index contributed by atoms with van der Waals surface area (Å²) in [5.74, 6) is 0.0519. The summed E-state index contributed by atoms with van der Waals surface area (Å²) >= 11 is 1.38. The first-order valence-electron chi connectivity index (χ1n) is 10.2. The van der Waals surface area contributed by atoms with Gasteiger partial charge in [0.2, 0.25) is 0 Å². The number of rotatable bonds is 6. The third-order valence-corrected chi connectivity index (χ3v) is 8.75. The maximum absolute atomic E-state index is 13.5. The fraction of sp³-hybridized carbons (Fsp3) is 0.435. The summed E-state index contributed by atoms with van der Waals surface area (Å²) in [4.78, 5) is 2.87. The molecule has 0 saturated carbocycles. The molecule has 1 aliphatic rings. The van der Waals surface area contributed by atoms with E-state index in [1.54, 1.807) is 18.2 Å². The predicted octanol–water partition coefficient (Wildman–Crippen LogP) is 5.50. The second-order valence-electron chi connectivity index (χ2n) is 7.95. The highest BCUT2D eigenvalue weighted by Gasteiger charge is 2.41. The summed E-state index contributed by atoms with van der Waals surface area (Å²) in [5, 5.41) is 19.6. The number of benzene rings is 2. The van der Waals surface area contributed by atoms with Crippen LogP contribution in [-0.2, 0) is 9.84 Å². The minimum atomic E-state index is -3.59. The van der Waals surface area contributed by atoms with Gasteiger partial charge in [0.1, 0.15) is 5.75 Å². The number of fused-ring (bicyclic) bond motifs is 1. The van der Waals surface area contributed by atoms with Gasteiger partial charge in [0.05, 0.1) is 32.9 Å². The van der Waals surface area contributed by atoms with E-state index in [9.17, 15) is 13.5 Å². The average molecular weight is 445 g/mol. The summed E-state index contributed by atoms with van der Waals surface area (Å²) in [6.07, 6.45) is 5.39. The molecule has 1 unspecified atom stereocenters. The molecule has 0 radical (unpaired) electrons. The molecule has 0 aliphatic carbocycles. The molecule has 3 rings (SSSR count). The maximum atomic E-state index is 13.5. The summed E-state index contributed by atoms with van der Waals surface area (Å²) in [5.41, 5.74) is 1.61. The van der Waals surface area contributed by atoms with E-state index in [2.05, 4.69) is 24.8 Å². The summed E-state index contributed by atoms with van der Waals surface area (Å²) in [6.45, 7) is 4.74. The van der Waals surface area contributed by atoms with Crippen molar-refractivity contribution in [3.63, 3.8) is 0 Å². The third-order valence-electron chi connectivity index (χ3n) is 5.99. The number of aromatic hydroxyl groups is 1. The van der Waals surface area contributed by atoms with Crippen LogP contribution in [0.4, 0.5) is 11.4 Å². The number of nitriles is 1. The summed E-state index contributed by atoms with van der Waals surface area (Å²) < 4.78 is 26.9. The molecule has 2 aromatic carbocycles. The monoisotopic (exact) mass is 444 g/mol. The summed E-state index contributed by atoms with van der Waals surface area (Å²) in [6, 6.07) is 12.6. The van der Waals surface area contributed by atoms with Crippen molar-refractivity contribution in [1.29, 1.82) is 5.26 Å². The van der Waals surface area contributed by atoms with E-state index in [4.69, 9.17) is 5.26 Å². The van der Waals surface area contributed by atoms with Crippen LogP contribution < -0.4 is 4.90 Å². The van der Waals surface area contributed by atoms with Crippen molar-refractivity contribution in [3.8, 4) is 11.8 Å². The van der Waals surface area contributed by atoms with Gasteiger partial charge in [0.15, 0.2) is 9.84 Å². The molecule has 1 atom stereocenters. The smallest absolute Gasteiger partial charge is 0.181 e. The quantitative estimate of drug-likeness (QED) is 0.593. The normalized spacial score (nSPS) is 20.3. The number of unbranched alkanes of at least 4 members (excludes halogenated alkanes) is 1. The van der Waals surface area contributed by atoms with Crippen molar-refractivity contribution in [2.45, 2.75) is 49.3 Å². The van der Waals surface area contributed by atoms with E-state index in [1.165, 1.54) is 17.8 Å². The minimum absolute atomic E-state index is 0.0119. The molecule has 2 aromatic rings. The first kappa shape index (κ1) is 22.5. The van der Waals surface area contributed by atoms with Crippen LogP contribution in [0.1, 0.15) is 45.1 Å². The lowest BCUT2D eigenvalue weighted by Gasteiger charge is -2.36. The lowest BCUT2D eigenvalue weighted by molar-refractivity contribution is 0.290. The van der Waals surface area contributed by atoms with Gasteiger partial charge in [-0.3, -0.25) is 0 Å². The van der Waals surface area contributed by atoms with Gasteiger partial charge in [-0.25, -0.2) is 8.42 Å². The molecular weight excluding hydrogens is 416 g/mol.